The van der Waals surface area contributed by atoms with Crippen LogP contribution in [0.25, 0.3) is 0 Å². The SMILES string of the molecule is Cc1noc(C)c1CN(C)S(=O)(=O)c1ccc(Cl)c(Cl)c1. The molecule has 21 heavy (non-hydrogen) atoms. The Balaban J connectivity index is 2.32. The number of nitrogens with zero attached hydrogens (tertiary/aromatic N) is 2. The van der Waals surface area contributed by atoms with Gasteiger partial charge in [0.15, 0.2) is 0 Å². The second-order valence-electron chi connectivity index (χ2n) is 4.64. The fraction of sp³-hybridized carbons (Fsp3) is 0.308. The summed E-state index contributed by atoms with van der Waals surface area (Å²) in [7, 11) is -2.18. The maximum absolute atomic E-state index is 12.5. The van der Waals surface area contributed by atoms with Gasteiger partial charge in [-0.15, -0.1) is 0 Å². The van der Waals surface area contributed by atoms with Gasteiger partial charge in [-0.3, -0.25) is 0 Å². The Kier molecular flexibility index (Phi) is 4.63. The molecule has 0 saturated heterocycles. The molecule has 0 N–H and O–H groups in total. The van der Waals surface area contributed by atoms with Crippen LogP contribution in [0, 0.1) is 13.8 Å². The summed E-state index contributed by atoms with van der Waals surface area (Å²) in [5.74, 6) is 0.601. The van der Waals surface area contributed by atoms with E-state index in [4.69, 9.17) is 27.7 Å². The number of aromatic nitrogens is 1. The molecule has 1 aromatic heterocycles. The molecule has 0 spiro atoms. The van der Waals surface area contributed by atoms with Crippen molar-refractivity contribution in [2.24, 2.45) is 0 Å². The minimum atomic E-state index is -3.67. The van der Waals surface area contributed by atoms with Gasteiger partial charge in [0.2, 0.25) is 10.0 Å². The van der Waals surface area contributed by atoms with Crippen molar-refractivity contribution < 1.29 is 12.9 Å². The molecule has 1 aromatic carbocycles. The average Bonchev–Trinajstić information content (AvgIpc) is 2.73. The molecule has 0 aliphatic rings. The van der Waals surface area contributed by atoms with Gasteiger partial charge in [-0.25, -0.2) is 8.42 Å². The van der Waals surface area contributed by atoms with Crippen molar-refractivity contribution in [3.8, 4) is 0 Å². The van der Waals surface area contributed by atoms with Crippen LogP contribution in [0.2, 0.25) is 10.0 Å². The summed E-state index contributed by atoms with van der Waals surface area (Å²) < 4.78 is 31.3. The monoisotopic (exact) mass is 348 g/mol. The first-order chi connectivity index (χ1) is 9.73. The lowest BCUT2D eigenvalue weighted by molar-refractivity contribution is 0.390. The smallest absolute Gasteiger partial charge is 0.243 e. The van der Waals surface area contributed by atoms with E-state index < -0.39 is 10.0 Å². The molecule has 0 aliphatic carbocycles. The molecule has 114 valence electrons. The van der Waals surface area contributed by atoms with Crippen LogP contribution in [0.1, 0.15) is 17.0 Å². The van der Waals surface area contributed by atoms with Gasteiger partial charge in [-0.2, -0.15) is 4.31 Å². The maximum atomic E-state index is 12.5. The lowest BCUT2D eigenvalue weighted by atomic mass is 10.2. The number of rotatable bonds is 4. The molecule has 0 aliphatic heterocycles. The molecule has 0 unspecified atom stereocenters. The Labute approximate surface area is 133 Å². The third kappa shape index (κ3) is 3.23. The molecule has 0 saturated carbocycles. The summed E-state index contributed by atoms with van der Waals surface area (Å²) >= 11 is 11.7. The van der Waals surface area contributed by atoms with Crippen LogP contribution in [-0.2, 0) is 16.6 Å². The maximum Gasteiger partial charge on any atom is 0.243 e. The molecular weight excluding hydrogens is 335 g/mol. The largest absolute Gasteiger partial charge is 0.361 e. The van der Waals surface area contributed by atoms with Crippen LogP contribution in [0.15, 0.2) is 27.6 Å². The zero-order valence-corrected chi connectivity index (χ0v) is 14.1. The zero-order valence-electron chi connectivity index (χ0n) is 11.7. The van der Waals surface area contributed by atoms with E-state index in [1.54, 1.807) is 13.8 Å². The van der Waals surface area contributed by atoms with E-state index >= 15 is 0 Å². The zero-order chi connectivity index (χ0) is 15.8. The Morgan fingerprint density at radius 2 is 1.90 bits per heavy atom. The van der Waals surface area contributed by atoms with E-state index in [0.29, 0.717) is 16.5 Å². The molecule has 2 rings (SSSR count). The molecule has 8 heteroatoms. The molecule has 0 fully saturated rings. The van der Waals surface area contributed by atoms with E-state index in [1.165, 1.54) is 29.6 Å². The van der Waals surface area contributed by atoms with Crippen LogP contribution in [-0.4, -0.2) is 24.9 Å². The summed E-state index contributed by atoms with van der Waals surface area (Å²) in [6.45, 7) is 3.68. The van der Waals surface area contributed by atoms with Crippen molar-refractivity contribution in [2.75, 3.05) is 7.05 Å². The highest BCUT2D eigenvalue weighted by molar-refractivity contribution is 7.89. The summed E-state index contributed by atoms with van der Waals surface area (Å²) in [5, 5.41) is 4.32. The van der Waals surface area contributed by atoms with Crippen LogP contribution >= 0.6 is 23.2 Å². The number of hydrogen-bond acceptors (Lipinski definition) is 4. The lowest BCUT2D eigenvalue weighted by Gasteiger charge is -2.17. The van der Waals surface area contributed by atoms with Crippen molar-refractivity contribution in [2.45, 2.75) is 25.3 Å². The summed E-state index contributed by atoms with van der Waals surface area (Å²) in [4.78, 5) is 0.0890. The Morgan fingerprint density at radius 3 is 2.43 bits per heavy atom. The third-order valence-electron chi connectivity index (χ3n) is 3.16. The molecule has 0 amide bonds. The highest BCUT2D eigenvalue weighted by Crippen LogP contribution is 2.27. The number of hydrogen-bond donors (Lipinski definition) is 0. The first-order valence-corrected chi connectivity index (χ1v) is 8.26. The fourth-order valence-corrected chi connectivity index (χ4v) is 3.38. The van der Waals surface area contributed by atoms with Crippen LogP contribution in [0.4, 0.5) is 0 Å². The molecule has 1 heterocycles. The van der Waals surface area contributed by atoms with Crippen molar-refractivity contribution in [1.29, 1.82) is 0 Å². The summed E-state index contributed by atoms with van der Waals surface area (Å²) in [6.07, 6.45) is 0. The van der Waals surface area contributed by atoms with Gasteiger partial charge in [-0.05, 0) is 32.0 Å². The Morgan fingerprint density at radius 1 is 1.24 bits per heavy atom. The highest BCUT2D eigenvalue weighted by Gasteiger charge is 2.24. The average molecular weight is 349 g/mol. The van der Waals surface area contributed by atoms with Gasteiger partial charge in [0.05, 0.1) is 20.6 Å². The second-order valence-corrected chi connectivity index (χ2v) is 7.50. The summed E-state index contributed by atoms with van der Waals surface area (Å²) in [5.41, 5.74) is 1.42. The van der Waals surface area contributed by atoms with Crippen molar-refractivity contribution in [3.63, 3.8) is 0 Å². The van der Waals surface area contributed by atoms with E-state index in [0.717, 1.165) is 5.56 Å². The first-order valence-electron chi connectivity index (χ1n) is 6.06. The topological polar surface area (TPSA) is 63.4 Å². The van der Waals surface area contributed by atoms with Crippen molar-refractivity contribution in [3.05, 3.63) is 45.3 Å². The van der Waals surface area contributed by atoms with Gasteiger partial charge in [0.1, 0.15) is 5.76 Å². The predicted molar refractivity (Wildman–Crippen MR) is 81.1 cm³/mol. The Bertz CT molecular complexity index is 752. The van der Waals surface area contributed by atoms with Crippen molar-refractivity contribution in [1.82, 2.24) is 9.46 Å². The molecular formula is C13H14Cl2N2O3S. The highest BCUT2D eigenvalue weighted by atomic mass is 35.5. The second kappa shape index (κ2) is 5.96. The number of halogens is 2. The summed E-state index contributed by atoms with van der Waals surface area (Å²) in [6, 6.07) is 4.22. The van der Waals surface area contributed by atoms with Crippen LogP contribution < -0.4 is 0 Å². The number of benzene rings is 1. The molecule has 0 radical (unpaired) electrons. The van der Waals surface area contributed by atoms with Gasteiger partial charge in [-0.1, -0.05) is 28.4 Å². The van der Waals surface area contributed by atoms with Gasteiger partial charge in [0, 0.05) is 19.2 Å². The fourth-order valence-electron chi connectivity index (χ4n) is 1.85. The van der Waals surface area contributed by atoms with Crippen LogP contribution in [0.5, 0.6) is 0 Å². The molecule has 0 bridgehead atoms. The minimum Gasteiger partial charge on any atom is -0.361 e. The van der Waals surface area contributed by atoms with E-state index in [2.05, 4.69) is 5.16 Å². The van der Waals surface area contributed by atoms with Crippen LogP contribution in [0.3, 0.4) is 0 Å². The quantitative estimate of drug-likeness (QED) is 0.849. The number of sulfonamides is 1. The third-order valence-corrected chi connectivity index (χ3v) is 5.70. The van der Waals surface area contributed by atoms with E-state index in [1.807, 2.05) is 0 Å². The molecule has 2 aromatic rings. The number of aryl methyl sites for hydroxylation is 2. The van der Waals surface area contributed by atoms with Crippen molar-refractivity contribution >= 4 is 33.2 Å². The van der Waals surface area contributed by atoms with Gasteiger partial charge < -0.3 is 4.52 Å². The molecule has 0 atom stereocenters. The normalized spacial score (nSPS) is 12.1. The lowest BCUT2D eigenvalue weighted by Crippen LogP contribution is -2.27. The predicted octanol–water partition coefficient (Wildman–Crippen LogP) is 3.42. The minimum absolute atomic E-state index is 0.0890. The first kappa shape index (κ1) is 16.3. The van der Waals surface area contributed by atoms with Gasteiger partial charge in [0.25, 0.3) is 0 Å². The van der Waals surface area contributed by atoms with E-state index in [9.17, 15) is 8.42 Å². The molecule has 5 nitrogen and oxygen atoms in total. The standard InChI is InChI=1S/C13H14Cl2N2O3S/c1-8-11(9(2)20-16-8)7-17(3)21(18,19)10-4-5-12(14)13(15)6-10/h4-6H,7H2,1-3H3. The van der Waals surface area contributed by atoms with Gasteiger partial charge >= 0.3 is 0 Å². The Hall–Kier alpha value is -1.08. The van der Waals surface area contributed by atoms with E-state index in [-0.39, 0.29) is 16.5 Å².